The van der Waals surface area contributed by atoms with Crippen molar-refractivity contribution in [3.8, 4) is 6.07 Å². The summed E-state index contributed by atoms with van der Waals surface area (Å²) in [4.78, 5) is 2.02. The molecule has 104 valence electrons. The summed E-state index contributed by atoms with van der Waals surface area (Å²) in [6, 6.07) is 2.08. The van der Waals surface area contributed by atoms with Crippen LogP contribution in [0.4, 0.5) is 11.6 Å². The van der Waals surface area contributed by atoms with Crippen LogP contribution in [-0.2, 0) is 6.54 Å². The Bertz CT molecular complexity index is 471. The Labute approximate surface area is 111 Å². The molecule has 1 aliphatic heterocycles. The fourth-order valence-corrected chi connectivity index (χ4v) is 2.38. The van der Waals surface area contributed by atoms with Crippen molar-refractivity contribution in [1.82, 2.24) is 9.78 Å². The van der Waals surface area contributed by atoms with Crippen LogP contribution in [0.3, 0.4) is 0 Å². The van der Waals surface area contributed by atoms with Crippen LogP contribution in [0, 0.1) is 17.2 Å². The zero-order chi connectivity index (χ0) is 13.8. The van der Waals surface area contributed by atoms with Crippen LogP contribution < -0.4 is 10.6 Å². The van der Waals surface area contributed by atoms with Crippen molar-refractivity contribution in [1.29, 1.82) is 5.26 Å². The van der Waals surface area contributed by atoms with Gasteiger partial charge in [0, 0.05) is 19.7 Å². The molecule has 0 saturated carbocycles. The van der Waals surface area contributed by atoms with E-state index in [-0.39, 0.29) is 19.8 Å². The van der Waals surface area contributed by atoms with Gasteiger partial charge in [-0.05, 0) is 18.8 Å². The minimum absolute atomic E-state index is 0.0667. The largest absolute Gasteiger partial charge is 0.396 e. The number of aliphatic hydroxyl groups is 2. The molecule has 0 aliphatic carbocycles. The molecule has 19 heavy (non-hydrogen) atoms. The third kappa shape index (κ3) is 2.64. The number of hydrogen-bond acceptors (Lipinski definition) is 6. The van der Waals surface area contributed by atoms with Gasteiger partial charge in [0.05, 0.1) is 13.2 Å². The third-order valence-electron chi connectivity index (χ3n) is 3.57. The molecule has 1 aromatic rings. The topological polar surface area (TPSA) is 111 Å². The second-order valence-corrected chi connectivity index (χ2v) is 4.76. The lowest BCUT2D eigenvalue weighted by atomic mass is 9.98. The molecule has 0 aromatic carbocycles. The quantitative estimate of drug-likeness (QED) is 0.679. The van der Waals surface area contributed by atoms with Gasteiger partial charge in [-0.3, -0.25) is 0 Å². The molecule has 0 bridgehead atoms. The summed E-state index contributed by atoms with van der Waals surface area (Å²) in [7, 11) is 0. The highest BCUT2D eigenvalue weighted by atomic mass is 16.3. The number of nitrogen functional groups attached to an aromatic ring is 1. The van der Waals surface area contributed by atoms with Crippen LogP contribution in [-0.4, -0.2) is 46.3 Å². The van der Waals surface area contributed by atoms with E-state index in [9.17, 15) is 5.26 Å². The maximum atomic E-state index is 9.20. The molecule has 0 spiro atoms. The Kier molecular flexibility index (Phi) is 4.24. The van der Waals surface area contributed by atoms with Crippen molar-refractivity contribution < 1.29 is 10.2 Å². The molecular formula is C12H19N5O2. The van der Waals surface area contributed by atoms with Gasteiger partial charge in [-0.2, -0.15) is 10.4 Å². The highest BCUT2D eigenvalue weighted by Crippen LogP contribution is 2.28. The molecule has 0 amide bonds. The molecule has 2 rings (SSSR count). The zero-order valence-corrected chi connectivity index (χ0v) is 10.8. The summed E-state index contributed by atoms with van der Waals surface area (Å²) in [6.07, 6.45) is 1.77. The molecule has 1 fully saturated rings. The van der Waals surface area contributed by atoms with Gasteiger partial charge in [-0.15, -0.1) is 0 Å². The Morgan fingerprint density at radius 3 is 2.58 bits per heavy atom. The molecule has 1 saturated heterocycles. The van der Waals surface area contributed by atoms with Gasteiger partial charge in [0.15, 0.2) is 5.82 Å². The highest BCUT2D eigenvalue weighted by molar-refractivity contribution is 5.65. The van der Waals surface area contributed by atoms with E-state index in [1.54, 1.807) is 0 Å². The molecule has 7 heteroatoms. The van der Waals surface area contributed by atoms with Crippen molar-refractivity contribution in [3.05, 3.63) is 5.56 Å². The van der Waals surface area contributed by atoms with Crippen LogP contribution >= 0.6 is 0 Å². The average molecular weight is 265 g/mol. The van der Waals surface area contributed by atoms with Crippen molar-refractivity contribution in [2.75, 3.05) is 36.9 Å². The molecular weight excluding hydrogens is 246 g/mol. The summed E-state index contributed by atoms with van der Waals surface area (Å²) < 4.78 is 1.46. The standard InChI is InChI=1S/C12H19N5O2/c13-7-10-11(14)17(5-6-18)15-12(10)16-3-1-9(8-19)2-4-16/h9,18-19H,1-6,8,14H2. The first-order valence-electron chi connectivity index (χ1n) is 6.44. The Morgan fingerprint density at radius 2 is 2.05 bits per heavy atom. The number of nitrogens with zero attached hydrogens (tertiary/aromatic N) is 4. The number of anilines is 2. The second-order valence-electron chi connectivity index (χ2n) is 4.76. The Balaban J connectivity index is 2.20. The molecule has 1 aromatic heterocycles. The molecule has 0 unspecified atom stereocenters. The summed E-state index contributed by atoms with van der Waals surface area (Å²) in [5, 5.41) is 31.6. The lowest BCUT2D eigenvalue weighted by Gasteiger charge is -2.31. The fraction of sp³-hybridized carbons (Fsp3) is 0.667. The van der Waals surface area contributed by atoms with Crippen molar-refractivity contribution in [2.24, 2.45) is 5.92 Å². The van der Waals surface area contributed by atoms with E-state index in [1.807, 2.05) is 4.90 Å². The third-order valence-corrected chi connectivity index (χ3v) is 3.57. The first-order valence-corrected chi connectivity index (χ1v) is 6.44. The minimum atomic E-state index is -0.0667. The molecule has 7 nitrogen and oxygen atoms in total. The molecule has 0 radical (unpaired) electrons. The molecule has 2 heterocycles. The number of rotatable bonds is 4. The Morgan fingerprint density at radius 1 is 1.37 bits per heavy atom. The molecule has 0 atom stereocenters. The first-order chi connectivity index (χ1) is 9.21. The predicted molar refractivity (Wildman–Crippen MR) is 70.5 cm³/mol. The fourth-order valence-electron chi connectivity index (χ4n) is 2.38. The molecule has 1 aliphatic rings. The second kappa shape index (κ2) is 5.91. The summed E-state index contributed by atoms with van der Waals surface area (Å²) >= 11 is 0. The van der Waals surface area contributed by atoms with Crippen molar-refractivity contribution >= 4 is 11.6 Å². The Hall–Kier alpha value is -1.78. The lowest BCUT2D eigenvalue weighted by molar-refractivity contribution is 0.202. The van der Waals surface area contributed by atoms with Gasteiger partial charge in [0.1, 0.15) is 17.5 Å². The number of nitriles is 1. The van der Waals surface area contributed by atoms with E-state index < -0.39 is 0 Å². The van der Waals surface area contributed by atoms with Crippen LogP contribution in [0.2, 0.25) is 0 Å². The maximum Gasteiger partial charge on any atom is 0.170 e. The summed E-state index contributed by atoms with van der Waals surface area (Å²) in [5.74, 6) is 1.22. The number of hydrogen-bond donors (Lipinski definition) is 3. The number of nitrogens with two attached hydrogens (primary N) is 1. The zero-order valence-electron chi connectivity index (χ0n) is 10.8. The highest BCUT2D eigenvalue weighted by Gasteiger charge is 2.25. The van der Waals surface area contributed by atoms with E-state index in [0.717, 1.165) is 25.9 Å². The van der Waals surface area contributed by atoms with Gasteiger partial charge in [-0.1, -0.05) is 0 Å². The normalized spacial score (nSPS) is 16.6. The van der Waals surface area contributed by atoms with Crippen molar-refractivity contribution in [3.63, 3.8) is 0 Å². The van der Waals surface area contributed by atoms with Gasteiger partial charge in [0.2, 0.25) is 0 Å². The van der Waals surface area contributed by atoms with E-state index in [4.69, 9.17) is 15.9 Å². The van der Waals surface area contributed by atoms with Crippen LogP contribution in [0.25, 0.3) is 0 Å². The van der Waals surface area contributed by atoms with E-state index in [2.05, 4.69) is 11.2 Å². The number of piperidine rings is 1. The SMILES string of the molecule is N#Cc1c(N2CCC(CO)CC2)nn(CCO)c1N. The summed E-state index contributed by atoms with van der Waals surface area (Å²) in [5.41, 5.74) is 6.23. The van der Waals surface area contributed by atoms with Crippen LogP contribution in [0.5, 0.6) is 0 Å². The predicted octanol–water partition coefficient (Wildman–Crippen LogP) is -0.462. The van der Waals surface area contributed by atoms with E-state index in [1.165, 1.54) is 4.68 Å². The smallest absolute Gasteiger partial charge is 0.170 e. The monoisotopic (exact) mass is 265 g/mol. The van der Waals surface area contributed by atoms with Crippen molar-refractivity contribution in [2.45, 2.75) is 19.4 Å². The number of aromatic nitrogens is 2. The average Bonchev–Trinajstić information content (AvgIpc) is 2.76. The van der Waals surface area contributed by atoms with Gasteiger partial charge >= 0.3 is 0 Å². The van der Waals surface area contributed by atoms with Gasteiger partial charge in [0.25, 0.3) is 0 Å². The first kappa shape index (κ1) is 13.6. The summed E-state index contributed by atoms with van der Waals surface area (Å²) in [6.45, 7) is 1.95. The minimum Gasteiger partial charge on any atom is -0.396 e. The van der Waals surface area contributed by atoms with Crippen LogP contribution in [0.15, 0.2) is 0 Å². The van der Waals surface area contributed by atoms with E-state index >= 15 is 0 Å². The molecule has 4 N–H and O–H groups in total. The maximum absolute atomic E-state index is 9.20. The van der Waals surface area contributed by atoms with Gasteiger partial charge in [-0.25, -0.2) is 4.68 Å². The van der Waals surface area contributed by atoms with Gasteiger partial charge < -0.3 is 20.8 Å². The van der Waals surface area contributed by atoms with E-state index in [0.29, 0.717) is 23.1 Å². The lowest BCUT2D eigenvalue weighted by Crippen LogP contribution is -2.35. The van der Waals surface area contributed by atoms with Crippen LogP contribution in [0.1, 0.15) is 18.4 Å². The number of aliphatic hydroxyl groups excluding tert-OH is 2.